The van der Waals surface area contributed by atoms with E-state index < -0.39 is 0 Å². The zero-order valence-corrected chi connectivity index (χ0v) is 14.0. The van der Waals surface area contributed by atoms with E-state index in [1.54, 1.807) is 11.8 Å². The van der Waals surface area contributed by atoms with Crippen molar-refractivity contribution in [3.05, 3.63) is 40.5 Å². The van der Waals surface area contributed by atoms with Gasteiger partial charge in [0, 0.05) is 28.4 Å². The Kier molecular flexibility index (Phi) is 6.06. The van der Waals surface area contributed by atoms with Crippen molar-refractivity contribution in [3.8, 4) is 0 Å². The minimum absolute atomic E-state index is 0.475. The number of benzene rings is 1. The molecule has 108 valence electrons. The van der Waals surface area contributed by atoms with Crippen LogP contribution >= 0.6 is 27.7 Å². The Morgan fingerprint density at radius 2 is 2.15 bits per heavy atom. The first-order valence-corrected chi connectivity index (χ1v) is 8.35. The molecule has 2 rings (SSSR count). The summed E-state index contributed by atoms with van der Waals surface area (Å²) in [4.78, 5) is 5.58. The minimum Gasteiger partial charge on any atom is -0.339 e. The van der Waals surface area contributed by atoms with Gasteiger partial charge in [0.15, 0.2) is 5.82 Å². The summed E-state index contributed by atoms with van der Waals surface area (Å²) in [6.07, 6.45) is 0.769. The van der Waals surface area contributed by atoms with Gasteiger partial charge in [0.1, 0.15) is 0 Å². The lowest BCUT2D eigenvalue weighted by atomic mass is 10.3. The largest absolute Gasteiger partial charge is 0.339 e. The minimum atomic E-state index is 0.475. The van der Waals surface area contributed by atoms with Gasteiger partial charge in [0.05, 0.1) is 5.75 Å². The lowest BCUT2D eigenvalue weighted by molar-refractivity contribution is 0.370. The molecule has 0 aliphatic carbocycles. The lowest BCUT2D eigenvalue weighted by Crippen LogP contribution is -2.25. The Bertz CT molecular complexity index is 545. The van der Waals surface area contributed by atoms with Crippen LogP contribution in [0.4, 0.5) is 0 Å². The molecule has 0 bridgehead atoms. The molecule has 0 radical (unpaired) electrons. The molecule has 0 aliphatic heterocycles. The second-order valence-electron chi connectivity index (χ2n) is 4.68. The predicted molar refractivity (Wildman–Crippen MR) is 84.8 cm³/mol. The first-order valence-electron chi connectivity index (χ1n) is 6.57. The molecule has 1 aromatic heterocycles. The zero-order valence-electron chi connectivity index (χ0n) is 11.6. The van der Waals surface area contributed by atoms with E-state index in [1.165, 1.54) is 4.90 Å². The Morgan fingerprint density at radius 1 is 1.35 bits per heavy atom. The number of nitrogens with one attached hydrogen (secondary N) is 1. The molecular formula is C14H18BrN3OS. The maximum atomic E-state index is 5.24. The van der Waals surface area contributed by atoms with Gasteiger partial charge in [0.2, 0.25) is 5.89 Å². The Morgan fingerprint density at radius 3 is 2.90 bits per heavy atom. The third-order valence-electron chi connectivity index (χ3n) is 2.60. The fourth-order valence-electron chi connectivity index (χ4n) is 1.62. The van der Waals surface area contributed by atoms with Crippen molar-refractivity contribution in [1.82, 2.24) is 15.5 Å². The van der Waals surface area contributed by atoms with Crippen molar-refractivity contribution in [2.45, 2.75) is 37.0 Å². The van der Waals surface area contributed by atoms with Crippen molar-refractivity contribution in [2.75, 3.05) is 6.54 Å². The molecule has 6 heteroatoms. The molecule has 0 spiro atoms. The predicted octanol–water partition coefficient (Wildman–Crippen LogP) is 3.66. The highest BCUT2D eigenvalue weighted by atomic mass is 79.9. The van der Waals surface area contributed by atoms with E-state index in [0.717, 1.165) is 23.3 Å². The van der Waals surface area contributed by atoms with Crippen LogP contribution in [0.2, 0.25) is 0 Å². The summed E-state index contributed by atoms with van der Waals surface area (Å²) in [5.74, 6) is 2.15. The van der Waals surface area contributed by atoms with Crippen molar-refractivity contribution in [3.63, 3.8) is 0 Å². The molecule has 0 fully saturated rings. The van der Waals surface area contributed by atoms with E-state index in [-0.39, 0.29) is 0 Å². The van der Waals surface area contributed by atoms with Gasteiger partial charge in [-0.05, 0) is 28.1 Å². The van der Waals surface area contributed by atoms with Crippen LogP contribution in [-0.2, 0) is 12.2 Å². The van der Waals surface area contributed by atoms with Crippen LogP contribution in [0, 0.1) is 0 Å². The summed E-state index contributed by atoms with van der Waals surface area (Å²) < 4.78 is 6.33. The molecule has 0 unspecified atom stereocenters. The van der Waals surface area contributed by atoms with E-state index in [2.05, 4.69) is 51.3 Å². The molecule has 0 atom stereocenters. The number of hydrogen-bond donors (Lipinski definition) is 1. The Balaban J connectivity index is 1.82. The highest BCUT2D eigenvalue weighted by molar-refractivity contribution is 9.10. The SMILES string of the molecule is CC(C)NCCc1nc(CSc2ccccc2Br)no1. The number of hydrogen-bond acceptors (Lipinski definition) is 5. The molecule has 1 heterocycles. The molecular weight excluding hydrogens is 338 g/mol. The third-order valence-corrected chi connectivity index (χ3v) is 4.62. The molecule has 0 saturated heterocycles. The van der Waals surface area contributed by atoms with Crippen molar-refractivity contribution in [2.24, 2.45) is 0 Å². The topological polar surface area (TPSA) is 51.0 Å². The van der Waals surface area contributed by atoms with E-state index in [4.69, 9.17) is 4.52 Å². The molecule has 0 amide bonds. The number of thioether (sulfide) groups is 1. The maximum absolute atomic E-state index is 5.24. The fourth-order valence-corrected chi connectivity index (χ4v) is 3.03. The summed E-state index contributed by atoms with van der Waals surface area (Å²) in [7, 11) is 0. The normalized spacial score (nSPS) is 11.2. The monoisotopic (exact) mass is 355 g/mol. The highest BCUT2D eigenvalue weighted by Crippen LogP contribution is 2.28. The number of aromatic nitrogens is 2. The zero-order chi connectivity index (χ0) is 14.4. The summed E-state index contributed by atoms with van der Waals surface area (Å²) in [5.41, 5.74) is 0. The van der Waals surface area contributed by atoms with Gasteiger partial charge in [-0.25, -0.2) is 0 Å². The van der Waals surface area contributed by atoms with E-state index in [9.17, 15) is 0 Å². The Hall–Kier alpha value is -0.850. The van der Waals surface area contributed by atoms with Crippen LogP contribution in [0.3, 0.4) is 0 Å². The van der Waals surface area contributed by atoms with Gasteiger partial charge in [0.25, 0.3) is 0 Å². The summed E-state index contributed by atoms with van der Waals surface area (Å²) in [6.45, 7) is 5.10. The molecule has 1 aromatic carbocycles. The maximum Gasteiger partial charge on any atom is 0.227 e. The van der Waals surface area contributed by atoms with Gasteiger partial charge in [-0.2, -0.15) is 4.98 Å². The highest BCUT2D eigenvalue weighted by Gasteiger charge is 2.08. The van der Waals surface area contributed by atoms with Crippen LogP contribution in [-0.4, -0.2) is 22.7 Å². The van der Waals surface area contributed by atoms with Crippen LogP contribution in [0.1, 0.15) is 25.6 Å². The van der Waals surface area contributed by atoms with Gasteiger partial charge < -0.3 is 9.84 Å². The third kappa shape index (κ3) is 4.92. The lowest BCUT2D eigenvalue weighted by Gasteiger charge is -2.04. The quantitative estimate of drug-likeness (QED) is 0.768. The van der Waals surface area contributed by atoms with Gasteiger partial charge in [-0.1, -0.05) is 31.1 Å². The van der Waals surface area contributed by atoms with Crippen LogP contribution in [0.25, 0.3) is 0 Å². The molecule has 0 saturated carbocycles. The molecule has 0 aliphatic rings. The molecule has 20 heavy (non-hydrogen) atoms. The van der Waals surface area contributed by atoms with Gasteiger partial charge in [-0.3, -0.25) is 0 Å². The molecule has 4 nitrogen and oxygen atoms in total. The first kappa shape index (κ1) is 15.5. The second-order valence-corrected chi connectivity index (χ2v) is 6.55. The van der Waals surface area contributed by atoms with E-state index >= 15 is 0 Å². The summed E-state index contributed by atoms with van der Waals surface area (Å²) >= 11 is 5.22. The van der Waals surface area contributed by atoms with Crippen molar-refractivity contribution in [1.29, 1.82) is 0 Å². The van der Waals surface area contributed by atoms with Crippen LogP contribution in [0.15, 0.2) is 38.2 Å². The average Bonchev–Trinajstić information content (AvgIpc) is 2.85. The first-order chi connectivity index (χ1) is 9.65. The molecule has 2 aromatic rings. The van der Waals surface area contributed by atoms with Crippen LogP contribution < -0.4 is 5.32 Å². The smallest absolute Gasteiger partial charge is 0.227 e. The van der Waals surface area contributed by atoms with E-state index in [0.29, 0.717) is 17.7 Å². The number of rotatable bonds is 7. The Labute approximate surface area is 131 Å². The van der Waals surface area contributed by atoms with Crippen LogP contribution in [0.5, 0.6) is 0 Å². The van der Waals surface area contributed by atoms with Crippen molar-refractivity contribution >= 4 is 27.7 Å². The van der Waals surface area contributed by atoms with E-state index in [1.807, 2.05) is 18.2 Å². The number of nitrogens with zero attached hydrogens (tertiary/aromatic N) is 2. The number of halogens is 1. The summed E-state index contributed by atoms with van der Waals surface area (Å²) in [6, 6.07) is 8.60. The average molecular weight is 356 g/mol. The van der Waals surface area contributed by atoms with Gasteiger partial charge >= 0.3 is 0 Å². The molecule has 1 N–H and O–H groups in total. The fraction of sp³-hybridized carbons (Fsp3) is 0.429. The summed E-state index contributed by atoms with van der Waals surface area (Å²) in [5, 5.41) is 7.34. The van der Waals surface area contributed by atoms with Crippen molar-refractivity contribution < 1.29 is 4.52 Å². The van der Waals surface area contributed by atoms with Gasteiger partial charge in [-0.15, -0.1) is 11.8 Å². The standard InChI is InChI=1S/C14H18BrN3OS/c1-10(2)16-8-7-14-17-13(18-19-14)9-20-12-6-4-3-5-11(12)15/h3-6,10,16H,7-9H2,1-2H3. The second kappa shape index (κ2) is 7.81.